The Kier molecular flexibility index (Phi) is 4.99. The number of ether oxygens (including phenoxy) is 1. The van der Waals surface area contributed by atoms with E-state index in [1.54, 1.807) is 0 Å². The van der Waals surface area contributed by atoms with E-state index in [2.05, 4.69) is 5.32 Å². The number of hydrogen-bond acceptors (Lipinski definition) is 3. The van der Waals surface area contributed by atoms with E-state index < -0.39 is 17.5 Å². The normalized spacial score (nSPS) is 15.7. The minimum Gasteiger partial charge on any atom is -0.488 e. The summed E-state index contributed by atoms with van der Waals surface area (Å²) in [6.45, 7) is 0.308. The van der Waals surface area contributed by atoms with Gasteiger partial charge in [-0.3, -0.25) is 4.79 Å². The first kappa shape index (κ1) is 16.7. The van der Waals surface area contributed by atoms with Crippen LogP contribution in [0.4, 0.5) is 13.2 Å². The molecule has 3 nitrogen and oxygen atoms in total. The zero-order valence-electron chi connectivity index (χ0n) is 12.5. The summed E-state index contributed by atoms with van der Waals surface area (Å²) in [5.41, 5.74) is 1.08. The lowest BCUT2D eigenvalue weighted by molar-refractivity contribution is -0.118. The number of thioether (sulfide) groups is 1. The molecule has 126 valence electrons. The Labute approximate surface area is 141 Å². The lowest BCUT2D eigenvalue weighted by Gasteiger charge is -2.12. The van der Waals surface area contributed by atoms with Gasteiger partial charge in [0.1, 0.15) is 29.3 Å². The number of amides is 1. The van der Waals surface area contributed by atoms with Gasteiger partial charge in [0.05, 0.1) is 17.2 Å². The molecule has 0 saturated carbocycles. The molecule has 0 bridgehead atoms. The molecule has 2 aromatic carbocycles. The van der Waals surface area contributed by atoms with Crippen molar-refractivity contribution in [2.75, 3.05) is 12.3 Å². The van der Waals surface area contributed by atoms with E-state index in [9.17, 15) is 18.0 Å². The maximum absolute atomic E-state index is 13.5. The van der Waals surface area contributed by atoms with Gasteiger partial charge in [-0.1, -0.05) is 18.2 Å². The van der Waals surface area contributed by atoms with E-state index in [4.69, 9.17) is 4.74 Å². The fourth-order valence-corrected chi connectivity index (χ4v) is 3.22. The van der Waals surface area contributed by atoms with Gasteiger partial charge < -0.3 is 10.1 Å². The van der Waals surface area contributed by atoms with Crippen LogP contribution in [-0.2, 0) is 11.2 Å². The highest BCUT2D eigenvalue weighted by Gasteiger charge is 2.22. The fraction of sp³-hybridized carbons (Fsp3) is 0.235. The second kappa shape index (κ2) is 7.17. The molecule has 0 saturated heterocycles. The van der Waals surface area contributed by atoms with Crippen LogP contribution in [0.15, 0.2) is 41.3 Å². The first-order valence-corrected chi connectivity index (χ1v) is 8.30. The zero-order valence-corrected chi connectivity index (χ0v) is 13.3. The summed E-state index contributed by atoms with van der Waals surface area (Å²) >= 11 is 0.691. The Hall–Kier alpha value is -2.15. The molecule has 1 amide bonds. The third kappa shape index (κ3) is 3.84. The number of halogens is 3. The molecule has 0 radical (unpaired) electrons. The molecule has 3 rings (SSSR count). The molecule has 0 aliphatic carbocycles. The van der Waals surface area contributed by atoms with Gasteiger partial charge in [0.15, 0.2) is 0 Å². The number of carbonyl (C=O) groups is 1. The molecule has 1 N–H and O–H groups in total. The Morgan fingerprint density at radius 3 is 2.62 bits per heavy atom. The van der Waals surface area contributed by atoms with Crippen LogP contribution < -0.4 is 10.1 Å². The van der Waals surface area contributed by atoms with Gasteiger partial charge in [0, 0.05) is 18.6 Å². The van der Waals surface area contributed by atoms with Crippen molar-refractivity contribution in [3.8, 4) is 5.75 Å². The summed E-state index contributed by atoms with van der Waals surface area (Å²) < 4.78 is 45.5. The molecule has 1 heterocycles. The average Bonchev–Trinajstić information content (AvgIpc) is 2.94. The minimum absolute atomic E-state index is 0.157. The number of fused-ring (bicyclic) bond motifs is 1. The predicted molar refractivity (Wildman–Crippen MR) is 84.6 cm³/mol. The van der Waals surface area contributed by atoms with Crippen LogP contribution in [-0.4, -0.2) is 24.3 Å². The second-order valence-corrected chi connectivity index (χ2v) is 6.33. The average molecular weight is 353 g/mol. The molecule has 1 atom stereocenters. The summed E-state index contributed by atoms with van der Waals surface area (Å²) in [5.74, 6) is -2.75. The molecular weight excluding hydrogens is 339 g/mol. The largest absolute Gasteiger partial charge is 0.488 e. The predicted octanol–water partition coefficient (Wildman–Crippen LogP) is 3.32. The first-order valence-electron chi connectivity index (χ1n) is 7.31. The van der Waals surface area contributed by atoms with Crippen LogP contribution in [0.1, 0.15) is 5.56 Å². The van der Waals surface area contributed by atoms with E-state index in [1.165, 1.54) is 0 Å². The van der Waals surface area contributed by atoms with Crippen molar-refractivity contribution in [3.05, 3.63) is 59.4 Å². The summed E-state index contributed by atoms with van der Waals surface area (Å²) in [4.78, 5) is 11.5. The maximum atomic E-state index is 13.5. The van der Waals surface area contributed by atoms with Crippen molar-refractivity contribution in [2.24, 2.45) is 0 Å². The van der Waals surface area contributed by atoms with Crippen molar-refractivity contribution in [1.29, 1.82) is 0 Å². The smallest absolute Gasteiger partial charge is 0.230 e. The van der Waals surface area contributed by atoms with E-state index in [0.717, 1.165) is 11.3 Å². The fourth-order valence-electron chi connectivity index (χ4n) is 2.45. The minimum atomic E-state index is -1.01. The molecule has 0 unspecified atom stereocenters. The molecule has 0 aromatic heterocycles. The topological polar surface area (TPSA) is 38.3 Å². The van der Waals surface area contributed by atoms with Crippen LogP contribution in [0.25, 0.3) is 0 Å². The highest BCUT2D eigenvalue weighted by Crippen LogP contribution is 2.28. The van der Waals surface area contributed by atoms with Gasteiger partial charge in [-0.05, 0) is 11.6 Å². The summed E-state index contributed by atoms with van der Waals surface area (Å²) in [6, 6.07) is 8.81. The molecule has 2 aromatic rings. The maximum Gasteiger partial charge on any atom is 0.230 e. The van der Waals surface area contributed by atoms with Gasteiger partial charge in [0.2, 0.25) is 5.91 Å². The van der Waals surface area contributed by atoms with E-state index in [0.29, 0.717) is 36.9 Å². The summed E-state index contributed by atoms with van der Waals surface area (Å²) in [7, 11) is 0. The number of hydrogen-bond donors (Lipinski definition) is 1. The molecule has 0 spiro atoms. The van der Waals surface area contributed by atoms with Crippen molar-refractivity contribution in [1.82, 2.24) is 5.32 Å². The van der Waals surface area contributed by atoms with Gasteiger partial charge in [0.25, 0.3) is 0 Å². The Bertz CT molecular complexity index is 721. The van der Waals surface area contributed by atoms with Gasteiger partial charge in [-0.25, -0.2) is 13.2 Å². The Balaban J connectivity index is 1.47. The SMILES string of the molecule is O=C(CSc1c(F)cc(F)cc1F)NC[C@@H]1Cc2ccccc2O1. The molecule has 0 fully saturated rings. The van der Waals surface area contributed by atoms with Crippen molar-refractivity contribution in [2.45, 2.75) is 17.4 Å². The van der Waals surface area contributed by atoms with E-state index in [1.807, 2.05) is 24.3 Å². The third-order valence-corrected chi connectivity index (χ3v) is 4.64. The number of nitrogens with one attached hydrogen (secondary N) is 1. The van der Waals surface area contributed by atoms with Crippen LogP contribution in [0, 0.1) is 17.5 Å². The highest BCUT2D eigenvalue weighted by atomic mass is 32.2. The van der Waals surface area contributed by atoms with Gasteiger partial charge in [-0.15, -0.1) is 11.8 Å². The first-order chi connectivity index (χ1) is 11.5. The zero-order chi connectivity index (χ0) is 17.1. The quantitative estimate of drug-likeness (QED) is 0.838. The van der Waals surface area contributed by atoms with E-state index in [-0.39, 0.29) is 22.7 Å². The number of rotatable bonds is 5. The van der Waals surface area contributed by atoms with Crippen molar-refractivity contribution >= 4 is 17.7 Å². The van der Waals surface area contributed by atoms with E-state index >= 15 is 0 Å². The second-order valence-electron chi connectivity index (χ2n) is 5.34. The molecule has 24 heavy (non-hydrogen) atoms. The molecule has 7 heteroatoms. The van der Waals surface area contributed by atoms with Crippen LogP contribution in [0.5, 0.6) is 5.75 Å². The van der Waals surface area contributed by atoms with Crippen LogP contribution in [0.3, 0.4) is 0 Å². The summed E-state index contributed by atoms with van der Waals surface area (Å²) in [6.07, 6.45) is 0.542. The van der Waals surface area contributed by atoms with Crippen molar-refractivity contribution in [3.63, 3.8) is 0 Å². The monoisotopic (exact) mass is 353 g/mol. The highest BCUT2D eigenvalue weighted by molar-refractivity contribution is 8.00. The van der Waals surface area contributed by atoms with Crippen LogP contribution >= 0.6 is 11.8 Å². The van der Waals surface area contributed by atoms with Gasteiger partial charge in [-0.2, -0.15) is 0 Å². The summed E-state index contributed by atoms with van der Waals surface area (Å²) in [5, 5.41) is 2.68. The third-order valence-electron chi connectivity index (χ3n) is 3.55. The molecule has 1 aliphatic rings. The standard InChI is InChI=1S/C17H14F3NO2S/c18-11-6-13(19)17(14(20)7-11)24-9-16(22)21-8-12-5-10-3-1-2-4-15(10)23-12/h1-4,6-7,12H,5,8-9H2,(H,21,22)/t12-/m0/s1. The van der Waals surface area contributed by atoms with Crippen molar-refractivity contribution < 1.29 is 22.7 Å². The number of benzene rings is 2. The van der Waals surface area contributed by atoms with Gasteiger partial charge >= 0.3 is 0 Å². The lowest BCUT2D eigenvalue weighted by Crippen LogP contribution is -2.35. The number of carbonyl (C=O) groups excluding carboxylic acids is 1. The lowest BCUT2D eigenvalue weighted by atomic mass is 10.1. The number of para-hydroxylation sites is 1. The molecular formula is C17H14F3NO2S. The van der Waals surface area contributed by atoms with Crippen LogP contribution in [0.2, 0.25) is 0 Å². The Morgan fingerprint density at radius 2 is 1.92 bits per heavy atom. The Morgan fingerprint density at radius 1 is 1.21 bits per heavy atom. The molecule has 1 aliphatic heterocycles.